The van der Waals surface area contributed by atoms with Crippen molar-refractivity contribution in [3.8, 4) is 16.9 Å². The zero-order chi connectivity index (χ0) is 19.0. The molecule has 5 nitrogen and oxygen atoms in total. The number of rotatable bonds is 6. The van der Waals surface area contributed by atoms with E-state index in [1.54, 1.807) is 18.4 Å². The second kappa shape index (κ2) is 7.19. The minimum absolute atomic E-state index is 0.00772. The van der Waals surface area contributed by atoms with Crippen molar-refractivity contribution in [2.24, 2.45) is 23.7 Å². The number of thiophene rings is 1. The highest BCUT2D eigenvalue weighted by atomic mass is 32.1. The third-order valence-electron chi connectivity index (χ3n) is 5.56. The van der Waals surface area contributed by atoms with Gasteiger partial charge < -0.3 is 15.2 Å². The van der Waals surface area contributed by atoms with Crippen LogP contribution in [0, 0.1) is 23.7 Å². The molecule has 1 amide bonds. The number of ether oxygens (including phenoxy) is 1. The minimum atomic E-state index is -0.870. The van der Waals surface area contributed by atoms with E-state index in [0.717, 1.165) is 28.2 Å². The molecule has 0 spiro atoms. The third kappa shape index (κ3) is 3.37. The van der Waals surface area contributed by atoms with Crippen molar-refractivity contribution >= 4 is 23.2 Å². The van der Waals surface area contributed by atoms with Crippen LogP contribution in [0.2, 0.25) is 0 Å². The number of benzene rings is 1. The van der Waals surface area contributed by atoms with E-state index in [2.05, 4.69) is 16.8 Å². The Balaban J connectivity index is 1.40. The van der Waals surface area contributed by atoms with E-state index >= 15 is 0 Å². The zero-order valence-corrected chi connectivity index (χ0v) is 15.7. The van der Waals surface area contributed by atoms with Gasteiger partial charge in [-0.25, -0.2) is 0 Å². The largest absolute Gasteiger partial charge is 0.497 e. The maximum atomic E-state index is 12.7. The molecule has 2 bridgehead atoms. The molecule has 1 heterocycles. The molecule has 1 aromatic carbocycles. The lowest BCUT2D eigenvalue weighted by Crippen LogP contribution is -2.39. The Bertz CT molecular complexity index is 886. The first-order valence-corrected chi connectivity index (χ1v) is 9.85. The predicted molar refractivity (Wildman–Crippen MR) is 104 cm³/mol. The van der Waals surface area contributed by atoms with Crippen LogP contribution in [-0.4, -0.2) is 24.1 Å². The van der Waals surface area contributed by atoms with Crippen LogP contribution in [0.1, 0.15) is 11.3 Å². The molecule has 4 rings (SSSR count). The summed E-state index contributed by atoms with van der Waals surface area (Å²) in [6.07, 6.45) is 4.73. The quantitative estimate of drug-likeness (QED) is 0.748. The number of hydrogen-bond acceptors (Lipinski definition) is 4. The highest BCUT2D eigenvalue weighted by molar-refractivity contribution is 7.10. The minimum Gasteiger partial charge on any atom is -0.497 e. The summed E-state index contributed by atoms with van der Waals surface area (Å²) < 4.78 is 5.18. The fraction of sp³-hybridized carbons (Fsp3) is 0.333. The van der Waals surface area contributed by atoms with Gasteiger partial charge in [-0.05, 0) is 53.0 Å². The van der Waals surface area contributed by atoms with Gasteiger partial charge in [-0.3, -0.25) is 9.59 Å². The van der Waals surface area contributed by atoms with E-state index in [1.807, 2.05) is 36.4 Å². The number of carbonyl (C=O) groups is 2. The third-order valence-corrected chi connectivity index (χ3v) is 6.50. The first kappa shape index (κ1) is 17.8. The number of carboxylic acid groups (broad SMARTS) is 1. The summed E-state index contributed by atoms with van der Waals surface area (Å²) in [5.41, 5.74) is 2.19. The molecule has 0 saturated heterocycles. The molecule has 2 aliphatic rings. The molecule has 4 unspecified atom stereocenters. The summed E-state index contributed by atoms with van der Waals surface area (Å²) in [6.45, 7) is 0.420. The van der Waals surface area contributed by atoms with Crippen LogP contribution < -0.4 is 10.1 Å². The van der Waals surface area contributed by atoms with Crippen LogP contribution in [0.4, 0.5) is 0 Å². The number of fused-ring (bicyclic) bond motifs is 2. The van der Waals surface area contributed by atoms with Gasteiger partial charge in [-0.2, -0.15) is 0 Å². The van der Waals surface area contributed by atoms with E-state index in [4.69, 9.17) is 4.74 Å². The molecular weight excluding hydrogens is 362 g/mol. The average molecular weight is 383 g/mol. The van der Waals surface area contributed by atoms with E-state index in [-0.39, 0.29) is 17.7 Å². The molecule has 0 radical (unpaired) electrons. The Labute approximate surface area is 161 Å². The summed E-state index contributed by atoms with van der Waals surface area (Å²) in [5.74, 6) is -1.23. The number of nitrogens with one attached hydrogen (secondary N) is 1. The van der Waals surface area contributed by atoms with Crippen LogP contribution in [0.25, 0.3) is 11.1 Å². The van der Waals surface area contributed by atoms with Crippen molar-refractivity contribution in [2.45, 2.75) is 13.0 Å². The average Bonchev–Trinajstić information content (AvgIpc) is 3.41. The van der Waals surface area contributed by atoms with Gasteiger partial charge in [0.15, 0.2) is 0 Å². The lowest BCUT2D eigenvalue weighted by molar-refractivity contribution is -0.147. The molecular formula is C21H21NO4S. The van der Waals surface area contributed by atoms with Crippen LogP contribution in [-0.2, 0) is 16.1 Å². The maximum absolute atomic E-state index is 12.7. The van der Waals surface area contributed by atoms with E-state index in [0.29, 0.717) is 6.54 Å². The Morgan fingerprint density at radius 1 is 1.15 bits per heavy atom. The van der Waals surface area contributed by atoms with E-state index < -0.39 is 17.8 Å². The van der Waals surface area contributed by atoms with Crippen molar-refractivity contribution < 1.29 is 19.4 Å². The van der Waals surface area contributed by atoms with Gasteiger partial charge in [0, 0.05) is 4.88 Å². The zero-order valence-electron chi connectivity index (χ0n) is 14.9. The SMILES string of the molecule is COc1ccc(-c2csc(CNC(=O)C3C4C=CC(C4)C3C(=O)O)c2)cc1. The first-order valence-electron chi connectivity index (χ1n) is 8.97. The molecule has 27 heavy (non-hydrogen) atoms. The van der Waals surface area contributed by atoms with Crippen molar-refractivity contribution in [3.63, 3.8) is 0 Å². The lowest BCUT2D eigenvalue weighted by Gasteiger charge is -2.23. The van der Waals surface area contributed by atoms with Crippen LogP contribution in [0.3, 0.4) is 0 Å². The number of carbonyl (C=O) groups excluding carboxylic acids is 1. The van der Waals surface area contributed by atoms with Crippen molar-refractivity contribution in [1.29, 1.82) is 0 Å². The summed E-state index contributed by atoms with van der Waals surface area (Å²) >= 11 is 1.59. The molecule has 1 fully saturated rings. The second-order valence-corrected chi connectivity index (χ2v) is 8.08. The predicted octanol–water partition coefficient (Wildman–Crippen LogP) is 3.56. The van der Waals surface area contributed by atoms with E-state index in [9.17, 15) is 14.7 Å². The molecule has 0 aliphatic heterocycles. The summed E-state index contributed by atoms with van der Waals surface area (Å²) in [6, 6.07) is 9.90. The van der Waals surface area contributed by atoms with Crippen molar-refractivity contribution in [3.05, 3.63) is 52.7 Å². The maximum Gasteiger partial charge on any atom is 0.307 e. The summed E-state index contributed by atoms with van der Waals surface area (Å²) in [5, 5.41) is 14.5. The number of carboxylic acids is 1. The van der Waals surface area contributed by atoms with Gasteiger partial charge in [0.1, 0.15) is 5.75 Å². The van der Waals surface area contributed by atoms with Gasteiger partial charge in [-0.15, -0.1) is 11.3 Å². The Morgan fingerprint density at radius 2 is 1.85 bits per heavy atom. The highest BCUT2D eigenvalue weighted by Crippen LogP contribution is 2.48. The van der Waals surface area contributed by atoms with Crippen molar-refractivity contribution in [1.82, 2.24) is 5.32 Å². The molecule has 140 valence electrons. The fourth-order valence-electron chi connectivity index (χ4n) is 4.22. The van der Waals surface area contributed by atoms with Gasteiger partial charge in [0.2, 0.25) is 5.91 Å². The number of allylic oxidation sites excluding steroid dienone is 2. The molecule has 1 saturated carbocycles. The normalized spacial score (nSPS) is 25.5. The van der Waals surface area contributed by atoms with Gasteiger partial charge in [-0.1, -0.05) is 24.3 Å². The van der Waals surface area contributed by atoms with Crippen molar-refractivity contribution in [2.75, 3.05) is 7.11 Å². The fourth-order valence-corrected chi connectivity index (χ4v) is 5.05. The van der Waals surface area contributed by atoms with Gasteiger partial charge >= 0.3 is 5.97 Å². The topological polar surface area (TPSA) is 75.6 Å². The Kier molecular flexibility index (Phi) is 4.74. The number of amides is 1. The molecule has 4 atom stereocenters. The molecule has 2 N–H and O–H groups in total. The summed E-state index contributed by atoms with van der Waals surface area (Å²) in [7, 11) is 1.64. The van der Waals surface area contributed by atoms with Gasteiger partial charge in [0.25, 0.3) is 0 Å². The van der Waals surface area contributed by atoms with Crippen LogP contribution >= 0.6 is 11.3 Å². The highest BCUT2D eigenvalue weighted by Gasteiger charge is 2.51. The molecule has 2 aliphatic carbocycles. The number of hydrogen-bond donors (Lipinski definition) is 2. The standard InChI is InChI=1S/C21H21NO4S/c1-26-16-6-4-12(5-7-16)15-9-17(27-11-15)10-22-20(23)18-13-2-3-14(8-13)19(18)21(24)25/h2-7,9,11,13-14,18-19H,8,10H2,1H3,(H,22,23)(H,24,25). The summed E-state index contributed by atoms with van der Waals surface area (Å²) in [4.78, 5) is 25.3. The van der Waals surface area contributed by atoms with E-state index in [1.165, 1.54) is 0 Å². The Morgan fingerprint density at radius 3 is 2.52 bits per heavy atom. The first-order chi connectivity index (χ1) is 13.1. The monoisotopic (exact) mass is 383 g/mol. The number of methoxy groups -OCH3 is 1. The Hall–Kier alpha value is -2.60. The second-order valence-electron chi connectivity index (χ2n) is 7.09. The molecule has 2 aromatic rings. The smallest absolute Gasteiger partial charge is 0.307 e. The van der Waals surface area contributed by atoms with Crippen LogP contribution in [0.5, 0.6) is 5.75 Å². The lowest BCUT2D eigenvalue weighted by atomic mass is 9.82. The van der Waals surface area contributed by atoms with Crippen LogP contribution in [0.15, 0.2) is 47.9 Å². The molecule has 6 heteroatoms. The number of aliphatic carboxylic acids is 1. The van der Waals surface area contributed by atoms with Gasteiger partial charge in [0.05, 0.1) is 25.5 Å². The molecule has 1 aromatic heterocycles.